The second kappa shape index (κ2) is 10.5. The highest BCUT2D eigenvalue weighted by Gasteiger charge is 2.71. The zero-order valence-electron chi connectivity index (χ0n) is 28.4. The number of hydrogen-bond acceptors (Lipinski definition) is 8. The summed E-state index contributed by atoms with van der Waals surface area (Å²) in [6.45, 7) is 15.2. The number of hydrogen-bond donors (Lipinski definition) is 4. The molecule has 45 heavy (non-hydrogen) atoms. The number of rotatable bonds is 4. The third kappa shape index (κ3) is 4.44. The van der Waals surface area contributed by atoms with Gasteiger partial charge in [-0.05, 0) is 73.0 Å². The Morgan fingerprint density at radius 3 is 2.20 bits per heavy atom. The van der Waals surface area contributed by atoms with Crippen LogP contribution in [0.25, 0.3) is 0 Å². The van der Waals surface area contributed by atoms with Gasteiger partial charge in [0.1, 0.15) is 41.8 Å². The normalized spacial score (nSPS) is 50.4. The highest BCUT2D eigenvalue weighted by molar-refractivity contribution is 6.09. The Hall–Kier alpha value is -1.45. The van der Waals surface area contributed by atoms with Gasteiger partial charge in [-0.3, -0.25) is 14.4 Å². The SMILES string of the molecule is CC1(C)CC[C@]2(C(=O)C[C@H]3OC(CO)[C@@H](O)C(O)[C@H]3O)C(=O)C[C@]3(C)C(=CCC4[C@@]5(C)CCC(=O)C(C)(C)C5CC[C@]43C)C2C1. The molecule has 0 spiro atoms. The van der Waals surface area contributed by atoms with Gasteiger partial charge in [-0.2, -0.15) is 0 Å². The van der Waals surface area contributed by atoms with Crippen LogP contribution in [-0.2, 0) is 19.1 Å². The van der Waals surface area contributed by atoms with Gasteiger partial charge in [0.15, 0.2) is 0 Å². The second-order valence-corrected chi connectivity index (χ2v) is 17.9. The van der Waals surface area contributed by atoms with Crippen LogP contribution in [0.2, 0.25) is 0 Å². The molecule has 4 saturated carbocycles. The molecule has 8 nitrogen and oxygen atoms in total. The molecule has 1 heterocycles. The van der Waals surface area contributed by atoms with Crippen LogP contribution in [0.3, 0.4) is 0 Å². The van der Waals surface area contributed by atoms with Crippen molar-refractivity contribution in [2.45, 2.75) is 143 Å². The third-order valence-corrected chi connectivity index (χ3v) is 15.1. The highest BCUT2D eigenvalue weighted by Crippen LogP contribution is 2.75. The molecule has 6 rings (SSSR count). The van der Waals surface area contributed by atoms with Crippen molar-refractivity contribution in [1.82, 2.24) is 0 Å². The smallest absolute Gasteiger partial charge is 0.149 e. The molecule has 1 saturated heterocycles. The lowest BCUT2D eigenvalue weighted by molar-refractivity contribution is -0.230. The Morgan fingerprint density at radius 1 is 0.867 bits per heavy atom. The predicted molar refractivity (Wildman–Crippen MR) is 168 cm³/mol. The first-order valence-electron chi connectivity index (χ1n) is 17.4. The molecule has 4 N–H and O–H groups in total. The van der Waals surface area contributed by atoms with Crippen LogP contribution < -0.4 is 0 Å². The van der Waals surface area contributed by atoms with E-state index in [-0.39, 0.29) is 52.0 Å². The van der Waals surface area contributed by atoms with Crippen molar-refractivity contribution in [2.24, 2.45) is 50.2 Å². The lowest BCUT2D eigenvalue weighted by Crippen LogP contribution is -2.67. The Balaban J connectivity index is 1.39. The standard InChI is InChI=1S/C37H56O8/c1-32(2)14-15-37(27(40)16-22-29(42)31(44)30(43)23(19-38)45-22)21(17-32)20-8-9-25-34(5)12-11-26(39)33(3,4)24(34)10-13-35(25,6)36(20,7)18-28(37)41/h8,21-25,29-31,38,42-44H,9-19H2,1-7H3/t21?,22-,23?,24?,25?,29+,30-,31?,34+,35-,36-,37+/m1/s1. The number of ether oxygens (including phenoxy) is 1. The maximum Gasteiger partial charge on any atom is 0.149 e. The molecule has 0 radical (unpaired) electrons. The molecule has 0 amide bonds. The fourth-order valence-electron chi connectivity index (χ4n) is 12.1. The van der Waals surface area contributed by atoms with Crippen molar-refractivity contribution < 1.29 is 39.5 Å². The molecule has 1 aliphatic heterocycles. The van der Waals surface area contributed by atoms with Gasteiger partial charge in [0.25, 0.3) is 0 Å². The van der Waals surface area contributed by atoms with Gasteiger partial charge in [0.05, 0.1) is 18.1 Å². The zero-order chi connectivity index (χ0) is 33.1. The first-order valence-corrected chi connectivity index (χ1v) is 17.4. The molecule has 6 aliphatic rings. The summed E-state index contributed by atoms with van der Waals surface area (Å²) in [4.78, 5) is 42.5. The van der Waals surface area contributed by atoms with E-state index in [0.717, 1.165) is 32.1 Å². The summed E-state index contributed by atoms with van der Waals surface area (Å²) in [5.74, 6) is 0.437. The van der Waals surface area contributed by atoms with Gasteiger partial charge < -0.3 is 25.2 Å². The first kappa shape index (κ1) is 33.5. The summed E-state index contributed by atoms with van der Waals surface area (Å²) in [6.07, 6.45) is 1.73. The Bertz CT molecular complexity index is 1300. The van der Waals surface area contributed by atoms with Gasteiger partial charge in [0, 0.05) is 36.0 Å². The molecular weight excluding hydrogens is 572 g/mol. The second-order valence-electron chi connectivity index (χ2n) is 17.9. The van der Waals surface area contributed by atoms with Crippen molar-refractivity contribution in [3.8, 4) is 0 Å². The topological polar surface area (TPSA) is 141 Å². The third-order valence-electron chi connectivity index (χ3n) is 15.1. The molecule has 0 aromatic heterocycles. The number of aliphatic hydroxyl groups excluding tert-OH is 4. The van der Waals surface area contributed by atoms with E-state index in [0.29, 0.717) is 36.9 Å². The number of allylic oxidation sites excluding steroid dienone is 2. The van der Waals surface area contributed by atoms with E-state index < -0.39 is 48.0 Å². The van der Waals surface area contributed by atoms with Crippen LogP contribution in [0.4, 0.5) is 0 Å². The van der Waals surface area contributed by atoms with Gasteiger partial charge in [-0.15, -0.1) is 0 Å². The largest absolute Gasteiger partial charge is 0.394 e. The van der Waals surface area contributed by atoms with Gasteiger partial charge in [-0.25, -0.2) is 0 Å². The van der Waals surface area contributed by atoms with Crippen LogP contribution in [0.5, 0.6) is 0 Å². The molecular formula is C37H56O8. The van der Waals surface area contributed by atoms with Crippen molar-refractivity contribution in [1.29, 1.82) is 0 Å². The van der Waals surface area contributed by atoms with Gasteiger partial charge >= 0.3 is 0 Å². The average molecular weight is 629 g/mol. The van der Waals surface area contributed by atoms with Crippen LogP contribution in [0.1, 0.15) is 113 Å². The Labute approximate surface area is 268 Å². The number of Topliss-reactive ketones (excluding diaryl/α,β-unsaturated/α-hetero) is 3. The molecule has 252 valence electrons. The maximum absolute atomic E-state index is 14.8. The molecule has 5 fully saturated rings. The van der Waals surface area contributed by atoms with Crippen LogP contribution in [-0.4, -0.2) is 74.9 Å². The monoisotopic (exact) mass is 628 g/mol. The summed E-state index contributed by atoms with van der Waals surface area (Å²) >= 11 is 0. The quantitative estimate of drug-likeness (QED) is 0.266. The molecule has 0 aromatic rings. The fourth-order valence-corrected chi connectivity index (χ4v) is 12.1. The summed E-state index contributed by atoms with van der Waals surface area (Å²) in [7, 11) is 0. The maximum atomic E-state index is 14.8. The van der Waals surface area contributed by atoms with E-state index in [1.165, 1.54) is 5.57 Å². The minimum absolute atomic E-state index is 0.0161. The van der Waals surface area contributed by atoms with E-state index in [2.05, 4.69) is 54.5 Å². The summed E-state index contributed by atoms with van der Waals surface area (Å²) in [6, 6.07) is 0. The minimum Gasteiger partial charge on any atom is -0.394 e. The molecule has 0 aromatic carbocycles. The van der Waals surface area contributed by atoms with Crippen molar-refractivity contribution in [3.05, 3.63) is 11.6 Å². The zero-order valence-corrected chi connectivity index (χ0v) is 28.4. The summed E-state index contributed by atoms with van der Waals surface area (Å²) < 4.78 is 5.76. The number of carbonyl (C=O) groups excluding carboxylic acids is 3. The molecule has 0 bridgehead atoms. The van der Waals surface area contributed by atoms with Crippen molar-refractivity contribution in [3.63, 3.8) is 0 Å². The minimum atomic E-state index is -1.56. The van der Waals surface area contributed by atoms with E-state index in [1.54, 1.807) is 0 Å². The summed E-state index contributed by atoms with van der Waals surface area (Å²) in [5, 5.41) is 41.2. The Kier molecular flexibility index (Phi) is 7.82. The number of aliphatic hydroxyl groups is 4. The average Bonchev–Trinajstić information content (AvgIpc) is 2.95. The number of ketones is 3. The van der Waals surface area contributed by atoms with E-state index in [4.69, 9.17) is 4.74 Å². The number of fused-ring (bicyclic) bond motifs is 7. The van der Waals surface area contributed by atoms with E-state index >= 15 is 0 Å². The van der Waals surface area contributed by atoms with Crippen LogP contribution in [0, 0.1) is 50.2 Å². The molecule has 5 unspecified atom stereocenters. The van der Waals surface area contributed by atoms with Crippen LogP contribution in [0.15, 0.2) is 11.6 Å². The van der Waals surface area contributed by atoms with Crippen molar-refractivity contribution in [2.75, 3.05) is 6.61 Å². The molecule has 12 atom stereocenters. The molecule has 8 heteroatoms. The molecule has 5 aliphatic carbocycles. The van der Waals surface area contributed by atoms with Crippen LogP contribution >= 0.6 is 0 Å². The highest BCUT2D eigenvalue weighted by atomic mass is 16.5. The van der Waals surface area contributed by atoms with Gasteiger partial charge in [-0.1, -0.05) is 60.1 Å². The first-order chi connectivity index (χ1) is 20.8. The van der Waals surface area contributed by atoms with E-state index in [1.807, 2.05) is 0 Å². The van der Waals surface area contributed by atoms with E-state index in [9.17, 15) is 34.8 Å². The lowest BCUT2D eigenvalue weighted by Gasteiger charge is -2.70. The predicted octanol–water partition coefficient (Wildman–Crippen LogP) is 4.34. The van der Waals surface area contributed by atoms with Crippen molar-refractivity contribution >= 4 is 17.3 Å². The number of carbonyl (C=O) groups is 3. The Morgan fingerprint density at radius 2 is 1.53 bits per heavy atom. The lowest BCUT2D eigenvalue weighted by atomic mass is 9.33. The summed E-state index contributed by atoms with van der Waals surface area (Å²) in [5.41, 5.74) is -1.02. The van der Waals surface area contributed by atoms with Gasteiger partial charge in [0.2, 0.25) is 0 Å². The fraction of sp³-hybridized carbons (Fsp3) is 0.865.